The van der Waals surface area contributed by atoms with E-state index in [9.17, 15) is 13.5 Å². The fraction of sp³-hybridized carbons (Fsp3) is 0.387. The van der Waals surface area contributed by atoms with E-state index in [4.69, 9.17) is 4.98 Å². The zero-order valence-corrected chi connectivity index (χ0v) is 23.7. The number of aliphatic hydroxyl groups is 1. The molecule has 0 radical (unpaired) electrons. The largest absolute Gasteiger partial charge is 0.396 e. The molecule has 0 amide bonds. The highest BCUT2D eigenvalue weighted by atomic mass is 32.2. The molecular weight excluding hydrogens is 508 g/mol. The van der Waals surface area contributed by atoms with Crippen molar-refractivity contribution < 1.29 is 13.5 Å². The highest BCUT2D eigenvalue weighted by Crippen LogP contribution is 2.35. The Labute approximate surface area is 230 Å². The van der Waals surface area contributed by atoms with Crippen LogP contribution in [0.3, 0.4) is 0 Å². The van der Waals surface area contributed by atoms with Crippen molar-refractivity contribution in [2.24, 2.45) is 7.05 Å². The molecule has 39 heavy (non-hydrogen) atoms. The first-order chi connectivity index (χ1) is 18.7. The van der Waals surface area contributed by atoms with Gasteiger partial charge in [-0.2, -0.15) is 0 Å². The lowest BCUT2D eigenvalue weighted by Gasteiger charge is -2.42. The second-order valence-electron chi connectivity index (χ2n) is 11.1. The molecule has 2 saturated heterocycles. The van der Waals surface area contributed by atoms with E-state index < -0.39 is 9.84 Å². The number of pyridine rings is 1. The average Bonchev–Trinajstić information content (AvgIpc) is 3.38. The number of nitrogens with zero attached hydrogens (tertiary/aromatic N) is 4. The van der Waals surface area contributed by atoms with Crippen LogP contribution >= 0.6 is 0 Å². The van der Waals surface area contributed by atoms with E-state index in [1.807, 2.05) is 26.1 Å². The summed E-state index contributed by atoms with van der Waals surface area (Å²) in [7, 11) is -1.18. The van der Waals surface area contributed by atoms with Gasteiger partial charge in [-0.15, -0.1) is 0 Å². The fourth-order valence-electron chi connectivity index (χ4n) is 6.45. The number of hydrogen-bond acceptors (Lipinski definition) is 6. The third-order valence-electron chi connectivity index (χ3n) is 8.55. The van der Waals surface area contributed by atoms with E-state index in [0.29, 0.717) is 17.0 Å². The third kappa shape index (κ3) is 4.86. The Morgan fingerprint density at radius 3 is 2.21 bits per heavy atom. The molecule has 6 rings (SSSR count). The minimum Gasteiger partial charge on any atom is -0.396 e. The van der Waals surface area contributed by atoms with Crippen LogP contribution in [-0.2, 0) is 16.9 Å². The Hall–Kier alpha value is -3.20. The zero-order chi connectivity index (χ0) is 27.3. The Morgan fingerprint density at radius 2 is 1.59 bits per heavy atom. The zero-order valence-electron chi connectivity index (χ0n) is 22.8. The number of fused-ring (bicyclic) bond motifs is 3. The number of hydrogen-bond donors (Lipinski definition) is 1. The quantitative estimate of drug-likeness (QED) is 0.365. The van der Waals surface area contributed by atoms with Gasteiger partial charge in [-0.3, -0.25) is 9.88 Å². The van der Waals surface area contributed by atoms with Crippen molar-refractivity contribution in [2.45, 2.75) is 43.2 Å². The Kier molecular flexibility index (Phi) is 6.73. The summed E-state index contributed by atoms with van der Waals surface area (Å²) in [5, 5.41) is 10.3. The van der Waals surface area contributed by atoms with E-state index in [1.54, 1.807) is 12.1 Å². The molecule has 0 spiro atoms. The van der Waals surface area contributed by atoms with Crippen molar-refractivity contribution >= 4 is 26.4 Å². The van der Waals surface area contributed by atoms with Gasteiger partial charge in [0.15, 0.2) is 9.84 Å². The highest BCUT2D eigenvalue weighted by Gasteiger charge is 2.39. The molecule has 2 atom stereocenters. The second-order valence-corrected chi connectivity index (χ2v) is 13.1. The van der Waals surface area contributed by atoms with Crippen molar-refractivity contribution in [1.29, 1.82) is 0 Å². The van der Waals surface area contributed by atoms with E-state index in [1.165, 1.54) is 24.8 Å². The SMILES string of the molecule is Cc1nc(-c2ccc(N3CC4CCC(C3)N4CCCO)cc2)cc2c1cc(-c1ccc(S(C)(=O)=O)cc1)n2C. The highest BCUT2D eigenvalue weighted by molar-refractivity contribution is 7.90. The molecule has 1 N–H and O–H groups in total. The first kappa shape index (κ1) is 26.0. The summed E-state index contributed by atoms with van der Waals surface area (Å²) in [5.41, 5.74) is 7.35. The molecule has 2 bridgehead atoms. The van der Waals surface area contributed by atoms with Crippen LogP contribution in [0.5, 0.6) is 0 Å². The molecule has 2 unspecified atom stereocenters. The molecule has 0 aliphatic carbocycles. The maximum absolute atomic E-state index is 11.9. The van der Waals surface area contributed by atoms with Gasteiger partial charge in [-0.25, -0.2) is 8.42 Å². The number of anilines is 1. The summed E-state index contributed by atoms with van der Waals surface area (Å²) in [6, 6.07) is 21.3. The first-order valence-corrected chi connectivity index (χ1v) is 15.6. The molecule has 8 heteroatoms. The summed E-state index contributed by atoms with van der Waals surface area (Å²) in [6.45, 7) is 5.40. The van der Waals surface area contributed by atoms with Crippen LogP contribution in [0.25, 0.3) is 33.4 Å². The molecule has 2 aliphatic heterocycles. The lowest BCUT2D eigenvalue weighted by atomic mass is 10.1. The van der Waals surface area contributed by atoms with Gasteiger partial charge in [0.25, 0.3) is 0 Å². The second kappa shape index (κ2) is 10.1. The van der Waals surface area contributed by atoms with Gasteiger partial charge < -0.3 is 14.6 Å². The normalized spacial score (nSPS) is 19.7. The van der Waals surface area contributed by atoms with Gasteiger partial charge in [0.1, 0.15) is 0 Å². The number of aromatic nitrogens is 2. The Balaban J connectivity index is 1.25. The maximum atomic E-state index is 11.9. The lowest BCUT2D eigenvalue weighted by Crippen LogP contribution is -2.54. The van der Waals surface area contributed by atoms with E-state index in [0.717, 1.165) is 65.2 Å². The summed E-state index contributed by atoms with van der Waals surface area (Å²) >= 11 is 0. The van der Waals surface area contributed by atoms with Crippen molar-refractivity contribution in [3.63, 3.8) is 0 Å². The van der Waals surface area contributed by atoms with Gasteiger partial charge in [-0.05, 0) is 68.1 Å². The monoisotopic (exact) mass is 544 g/mol. The van der Waals surface area contributed by atoms with Crippen LogP contribution < -0.4 is 4.90 Å². The molecule has 204 valence electrons. The van der Waals surface area contributed by atoms with E-state index >= 15 is 0 Å². The lowest BCUT2D eigenvalue weighted by molar-refractivity contribution is 0.152. The molecular formula is C31H36N4O3S. The third-order valence-corrected chi connectivity index (χ3v) is 9.67. The first-order valence-electron chi connectivity index (χ1n) is 13.7. The molecule has 7 nitrogen and oxygen atoms in total. The molecule has 0 saturated carbocycles. The van der Waals surface area contributed by atoms with Crippen LogP contribution in [0.2, 0.25) is 0 Å². The number of benzene rings is 2. The smallest absolute Gasteiger partial charge is 0.175 e. The van der Waals surface area contributed by atoms with Gasteiger partial charge in [-0.1, -0.05) is 24.3 Å². The number of aliphatic hydroxyl groups excluding tert-OH is 1. The summed E-state index contributed by atoms with van der Waals surface area (Å²) in [6.07, 6.45) is 4.58. The molecule has 4 aromatic rings. The minimum absolute atomic E-state index is 0.267. The van der Waals surface area contributed by atoms with Gasteiger partial charge >= 0.3 is 0 Å². The van der Waals surface area contributed by atoms with Crippen LogP contribution in [0.4, 0.5) is 5.69 Å². The number of aryl methyl sites for hydroxylation is 2. The average molecular weight is 545 g/mol. The van der Waals surface area contributed by atoms with Crippen LogP contribution in [0.1, 0.15) is 25.0 Å². The fourth-order valence-corrected chi connectivity index (χ4v) is 7.08. The van der Waals surface area contributed by atoms with Crippen LogP contribution in [0, 0.1) is 6.92 Å². The van der Waals surface area contributed by atoms with E-state index in [2.05, 4.69) is 50.8 Å². The Morgan fingerprint density at radius 1 is 0.949 bits per heavy atom. The number of sulfone groups is 1. The van der Waals surface area contributed by atoms with Crippen LogP contribution in [0.15, 0.2) is 65.6 Å². The van der Waals surface area contributed by atoms with Crippen molar-refractivity contribution in [3.8, 4) is 22.5 Å². The maximum Gasteiger partial charge on any atom is 0.175 e. The number of rotatable bonds is 7. The Bertz CT molecular complexity index is 1600. The molecule has 2 aliphatic rings. The van der Waals surface area contributed by atoms with Crippen LogP contribution in [-0.4, -0.2) is 72.6 Å². The van der Waals surface area contributed by atoms with Gasteiger partial charge in [0.05, 0.1) is 16.1 Å². The molecule has 2 fully saturated rings. The summed E-state index contributed by atoms with van der Waals surface area (Å²) < 4.78 is 25.9. The van der Waals surface area contributed by atoms with Crippen molar-refractivity contribution in [1.82, 2.24) is 14.5 Å². The number of piperazine rings is 1. The van der Waals surface area contributed by atoms with E-state index in [-0.39, 0.29) is 6.61 Å². The predicted octanol–water partition coefficient (Wildman–Crippen LogP) is 4.65. The molecule has 2 aromatic carbocycles. The van der Waals surface area contributed by atoms with Crippen molar-refractivity contribution in [2.75, 3.05) is 37.4 Å². The minimum atomic E-state index is -3.23. The molecule has 2 aromatic heterocycles. The van der Waals surface area contributed by atoms with Crippen molar-refractivity contribution in [3.05, 3.63) is 66.4 Å². The van der Waals surface area contributed by atoms with Gasteiger partial charge in [0, 0.05) is 79.7 Å². The predicted molar refractivity (Wildman–Crippen MR) is 157 cm³/mol. The van der Waals surface area contributed by atoms with Gasteiger partial charge in [0.2, 0.25) is 0 Å². The summed E-state index contributed by atoms with van der Waals surface area (Å²) in [5.74, 6) is 0. The topological polar surface area (TPSA) is 78.7 Å². The molecule has 4 heterocycles. The summed E-state index contributed by atoms with van der Waals surface area (Å²) in [4.78, 5) is 10.4. The standard InChI is InChI=1S/C31H36N4O3S/c1-21-28-17-30(23-7-13-27(14-8-23)39(3,37)38)33(2)31(28)18-29(32-21)22-5-9-24(10-6-22)34-19-25-11-12-26(20-34)35(25)15-4-16-36/h5-10,13-14,17-18,25-26,36H,4,11-12,15-16,19-20H2,1-3H3.